The van der Waals surface area contributed by atoms with Gasteiger partial charge in [-0.05, 0) is 44.2 Å². The van der Waals surface area contributed by atoms with E-state index in [1.165, 1.54) is 19.2 Å². The highest BCUT2D eigenvalue weighted by Gasteiger charge is 2.40. The summed E-state index contributed by atoms with van der Waals surface area (Å²) in [6.07, 6.45) is 0. The molecule has 0 aromatic heterocycles. The third-order valence-corrected chi connectivity index (χ3v) is 6.92. The van der Waals surface area contributed by atoms with Crippen molar-refractivity contribution in [2.75, 3.05) is 41.5 Å². The molecule has 11 nitrogen and oxygen atoms in total. The Balaban J connectivity index is 1.83. The fourth-order valence-electron chi connectivity index (χ4n) is 4.60. The van der Waals surface area contributed by atoms with Crippen molar-refractivity contribution < 1.29 is 33.5 Å². The summed E-state index contributed by atoms with van der Waals surface area (Å²) >= 11 is 6.44. The topological polar surface area (TPSA) is 129 Å². The average Bonchev–Trinajstić information content (AvgIpc) is 2.92. The summed E-state index contributed by atoms with van der Waals surface area (Å²) in [6.45, 7) is 4.32. The number of benzene rings is 2. The highest BCUT2D eigenvalue weighted by atomic mass is 35.5. The van der Waals surface area contributed by atoms with Gasteiger partial charge in [-0.3, -0.25) is 15.0 Å². The number of ether oxygens (including phenoxy) is 4. The predicted molar refractivity (Wildman–Crippen MR) is 148 cm³/mol. The molecule has 0 spiro atoms. The normalized spacial score (nSPS) is 15.1. The number of nitrogens with zero attached hydrogens (tertiary/aromatic N) is 2. The number of halogens is 1. The lowest BCUT2D eigenvalue weighted by Gasteiger charge is -2.30. The van der Waals surface area contributed by atoms with Gasteiger partial charge in [-0.25, -0.2) is 9.59 Å². The van der Waals surface area contributed by atoms with Crippen LogP contribution >= 0.6 is 11.6 Å². The third kappa shape index (κ3) is 6.54. The summed E-state index contributed by atoms with van der Waals surface area (Å²) < 4.78 is 21.2. The minimum atomic E-state index is -1.04. The Morgan fingerprint density at radius 3 is 2.27 bits per heavy atom. The molecule has 2 aromatic carbocycles. The lowest BCUT2D eigenvalue weighted by molar-refractivity contribution is -0.384. The monoisotopic (exact) mass is 573 g/mol. The van der Waals surface area contributed by atoms with Gasteiger partial charge in [0, 0.05) is 30.5 Å². The second-order valence-corrected chi connectivity index (χ2v) is 9.51. The second kappa shape index (κ2) is 13.3. The smallest absolute Gasteiger partial charge is 0.336 e. The van der Waals surface area contributed by atoms with Crippen LogP contribution < -0.4 is 14.8 Å². The molecule has 2 aromatic rings. The fourth-order valence-corrected chi connectivity index (χ4v) is 4.90. The molecule has 0 fully saturated rings. The molecule has 1 heterocycles. The third-order valence-electron chi connectivity index (χ3n) is 6.51. The van der Waals surface area contributed by atoms with Gasteiger partial charge in [0.1, 0.15) is 11.6 Å². The summed E-state index contributed by atoms with van der Waals surface area (Å²) in [5, 5.41) is 14.4. The van der Waals surface area contributed by atoms with Crippen LogP contribution in [0.3, 0.4) is 0 Å². The number of allylic oxidation sites excluding steroid dienone is 2. The molecule has 0 amide bonds. The molecule has 1 aliphatic heterocycles. The van der Waals surface area contributed by atoms with Gasteiger partial charge in [0.05, 0.1) is 43.3 Å². The maximum Gasteiger partial charge on any atom is 0.336 e. The molecule has 0 aliphatic carbocycles. The zero-order valence-electron chi connectivity index (χ0n) is 23.2. The predicted octanol–water partition coefficient (Wildman–Crippen LogP) is 4.35. The maximum atomic E-state index is 13.5. The molecule has 0 saturated heterocycles. The molecule has 0 saturated carbocycles. The first-order valence-electron chi connectivity index (χ1n) is 12.3. The molecule has 1 atom stereocenters. The zero-order chi connectivity index (χ0) is 29.6. The van der Waals surface area contributed by atoms with Crippen molar-refractivity contribution >= 4 is 29.2 Å². The van der Waals surface area contributed by atoms with Crippen LogP contribution in [0.4, 0.5) is 5.69 Å². The molecule has 1 N–H and O–H groups in total. The van der Waals surface area contributed by atoms with Crippen LogP contribution in [0.15, 0.2) is 58.9 Å². The van der Waals surface area contributed by atoms with Crippen LogP contribution in [0, 0.1) is 10.1 Å². The van der Waals surface area contributed by atoms with E-state index in [-0.39, 0.29) is 34.0 Å². The SMILES string of the molecule is COC(=O)C1=C(C)NC(C)=C(C(=O)OCCN(C)Cc2ccc(OC)c(OC)c2)C1c1cccc([N+](=O)[O-])c1Cl. The lowest BCUT2D eigenvalue weighted by Crippen LogP contribution is -2.33. The molecular formula is C28H32ClN3O8. The van der Waals surface area contributed by atoms with Gasteiger partial charge in [0.2, 0.25) is 0 Å². The number of carbonyl (C=O) groups is 2. The molecule has 0 bridgehead atoms. The van der Waals surface area contributed by atoms with Crippen molar-refractivity contribution in [3.8, 4) is 11.5 Å². The van der Waals surface area contributed by atoms with Gasteiger partial charge in [-0.15, -0.1) is 0 Å². The average molecular weight is 574 g/mol. The molecule has 214 valence electrons. The fraction of sp³-hybridized carbons (Fsp3) is 0.357. The molecule has 1 aliphatic rings. The Morgan fingerprint density at radius 1 is 1.02 bits per heavy atom. The molecule has 12 heteroatoms. The van der Waals surface area contributed by atoms with E-state index in [9.17, 15) is 19.7 Å². The lowest BCUT2D eigenvalue weighted by atomic mass is 9.80. The molecule has 0 radical (unpaired) electrons. The van der Waals surface area contributed by atoms with Gasteiger partial charge in [0.15, 0.2) is 11.5 Å². The number of carbonyl (C=O) groups excluding carboxylic acids is 2. The van der Waals surface area contributed by atoms with E-state index < -0.39 is 22.8 Å². The molecule has 3 rings (SSSR count). The maximum absolute atomic E-state index is 13.5. The number of dihydropyridines is 1. The van der Waals surface area contributed by atoms with Crippen LogP contribution in [0.25, 0.3) is 0 Å². The number of esters is 2. The zero-order valence-corrected chi connectivity index (χ0v) is 24.0. The number of nitrogens with one attached hydrogen (secondary N) is 1. The van der Waals surface area contributed by atoms with Gasteiger partial charge in [-0.1, -0.05) is 29.8 Å². The number of hydrogen-bond acceptors (Lipinski definition) is 10. The van der Waals surface area contributed by atoms with Gasteiger partial charge in [-0.2, -0.15) is 0 Å². The summed E-state index contributed by atoms with van der Waals surface area (Å²) in [7, 11) is 6.23. The van der Waals surface area contributed by atoms with Crippen molar-refractivity contribution in [1.82, 2.24) is 10.2 Å². The number of nitro groups is 1. The standard InChI is InChI=1S/C28H32ClN3O8/c1-16-23(27(33)39-6)25(19-8-7-9-20(26(19)29)32(35)36)24(17(2)30-16)28(34)40-13-12-31(3)15-18-10-11-21(37-4)22(14-18)38-5/h7-11,14,25,30H,12-13,15H2,1-6H3. The van der Waals surface area contributed by atoms with Crippen molar-refractivity contribution in [3.05, 3.63) is 85.2 Å². The first kappa shape index (κ1) is 30.5. The van der Waals surface area contributed by atoms with Crippen LogP contribution in [-0.4, -0.2) is 63.3 Å². The van der Waals surface area contributed by atoms with E-state index >= 15 is 0 Å². The van der Waals surface area contributed by atoms with Crippen LogP contribution in [0.2, 0.25) is 5.02 Å². The van der Waals surface area contributed by atoms with Gasteiger partial charge < -0.3 is 24.3 Å². The van der Waals surface area contributed by atoms with E-state index in [0.29, 0.717) is 36.0 Å². The van der Waals surface area contributed by atoms with Crippen LogP contribution in [-0.2, 0) is 25.6 Å². The summed E-state index contributed by atoms with van der Waals surface area (Å²) in [5.74, 6) is -1.20. The highest BCUT2D eigenvalue weighted by molar-refractivity contribution is 6.33. The Kier molecular flexibility index (Phi) is 10.1. The molecule has 40 heavy (non-hydrogen) atoms. The first-order chi connectivity index (χ1) is 19.0. The van der Waals surface area contributed by atoms with Crippen LogP contribution in [0.1, 0.15) is 30.9 Å². The minimum absolute atomic E-state index is 0.0467. The number of nitro benzene ring substituents is 1. The number of rotatable bonds is 11. The van der Waals surface area contributed by atoms with E-state index in [2.05, 4.69) is 5.32 Å². The van der Waals surface area contributed by atoms with Crippen molar-refractivity contribution in [2.45, 2.75) is 26.3 Å². The minimum Gasteiger partial charge on any atom is -0.493 e. The van der Waals surface area contributed by atoms with E-state index in [0.717, 1.165) is 5.56 Å². The van der Waals surface area contributed by atoms with Crippen LogP contribution in [0.5, 0.6) is 11.5 Å². The quantitative estimate of drug-likeness (QED) is 0.235. The summed E-state index contributed by atoms with van der Waals surface area (Å²) in [5.41, 5.74) is 1.93. The number of likely N-dealkylation sites (N-methyl/N-ethyl adjacent to an activating group) is 1. The van der Waals surface area contributed by atoms with Crippen molar-refractivity contribution in [1.29, 1.82) is 0 Å². The van der Waals surface area contributed by atoms with Gasteiger partial charge >= 0.3 is 11.9 Å². The highest BCUT2D eigenvalue weighted by Crippen LogP contribution is 2.44. The van der Waals surface area contributed by atoms with E-state index in [4.69, 9.17) is 30.5 Å². The Hall–Kier alpha value is -4.09. The van der Waals surface area contributed by atoms with E-state index in [1.54, 1.807) is 34.1 Å². The van der Waals surface area contributed by atoms with Gasteiger partial charge in [0.25, 0.3) is 5.69 Å². The molecular weight excluding hydrogens is 542 g/mol. The largest absolute Gasteiger partial charge is 0.493 e. The first-order valence-corrected chi connectivity index (χ1v) is 12.7. The second-order valence-electron chi connectivity index (χ2n) is 9.13. The van der Waals surface area contributed by atoms with Crippen molar-refractivity contribution in [2.24, 2.45) is 0 Å². The van der Waals surface area contributed by atoms with Crippen molar-refractivity contribution in [3.63, 3.8) is 0 Å². The number of hydrogen-bond donors (Lipinski definition) is 1. The summed E-state index contributed by atoms with van der Waals surface area (Å²) in [6, 6.07) is 9.86. The Bertz CT molecular complexity index is 1370. The Morgan fingerprint density at radius 2 is 1.68 bits per heavy atom. The Labute approximate surface area is 237 Å². The molecule has 1 unspecified atom stereocenters. The number of methoxy groups -OCH3 is 3. The van der Waals surface area contributed by atoms with E-state index in [1.807, 2.05) is 30.1 Å². The summed E-state index contributed by atoms with van der Waals surface area (Å²) in [4.78, 5) is 39.2.